The summed E-state index contributed by atoms with van der Waals surface area (Å²) >= 11 is 6.15. The van der Waals surface area contributed by atoms with E-state index in [0.717, 1.165) is 39.0 Å². The Morgan fingerprint density at radius 3 is 2.58 bits per heavy atom. The van der Waals surface area contributed by atoms with Gasteiger partial charge in [0.25, 0.3) is 0 Å². The Morgan fingerprint density at radius 1 is 1.04 bits per heavy atom. The summed E-state index contributed by atoms with van der Waals surface area (Å²) in [6, 6.07) is 16.2. The molecule has 1 aliphatic rings. The Balaban J connectivity index is 1.79. The minimum Gasteiger partial charge on any atom is -0.364 e. The number of benzene rings is 2. The van der Waals surface area contributed by atoms with Crippen molar-refractivity contribution in [3.8, 4) is 11.1 Å². The van der Waals surface area contributed by atoms with Gasteiger partial charge in [0.2, 0.25) is 5.28 Å². The van der Waals surface area contributed by atoms with Crippen molar-refractivity contribution < 1.29 is 0 Å². The van der Waals surface area contributed by atoms with Gasteiger partial charge in [-0.2, -0.15) is 0 Å². The maximum atomic E-state index is 6.15. The largest absolute Gasteiger partial charge is 0.364 e. The van der Waals surface area contributed by atoms with Gasteiger partial charge in [0.15, 0.2) is 0 Å². The van der Waals surface area contributed by atoms with Crippen molar-refractivity contribution in [3.05, 3.63) is 77.7 Å². The summed E-state index contributed by atoms with van der Waals surface area (Å²) in [5.74, 6) is 0.700. The van der Waals surface area contributed by atoms with Crippen molar-refractivity contribution in [2.45, 2.75) is 6.92 Å². The summed E-state index contributed by atoms with van der Waals surface area (Å²) in [4.78, 5) is 13.3. The third-order valence-electron chi connectivity index (χ3n) is 4.33. The number of rotatable bonds is 4. The van der Waals surface area contributed by atoms with E-state index in [4.69, 9.17) is 11.6 Å². The van der Waals surface area contributed by atoms with Crippen LogP contribution in [0.4, 0.5) is 5.82 Å². The SMILES string of the molecule is C=C1C=C(CNc2nc(Cl)nc3cccc(-c4ccccc4)c23)N=C1C. The lowest BCUT2D eigenvalue weighted by Gasteiger charge is -2.13. The van der Waals surface area contributed by atoms with Gasteiger partial charge in [-0.3, -0.25) is 4.99 Å². The van der Waals surface area contributed by atoms with Crippen LogP contribution in [0.25, 0.3) is 22.0 Å². The molecule has 3 aromatic rings. The third-order valence-corrected chi connectivity index (χ3v) is 4.50. The molecule has 0 atom stereocenters. The van der Waals surface area contributed by atoms with Crippen LogP contribution in [-0.4, -0.2) is 22.2 Å². The van der Waals surface area contributed by atoms with Gasteiger partial charge in [-0.15, -0.1) is 0 Å². The lowest BCUT2D eigenvalue weighted by Crippen LogP contribution is -2.06. The van der Waals surface area contributed by atoms with Crippen LogP contribution in [0, 0.1) is 0 Å². The van der Waals surface area contributed by atoms with Crippen LogP contribution >= 0.6 is 11.6 Å². The molecule has 26 heavy (non-hydrogen) atoms. The first-order valence-electron chi connectivity index (χ1n) is 8.32. The van der Waals surface area contributed by atoms with Crippen molar-refractivity contribution in [1.82, 2.24) is 9.97 Å². The molecule has 1 N–H and O–H groups in total. The molecule has 5 heteroatoms. The van der Waals surface area contributed by atoms with E-state index in [1.165, 1.54) is 0 Å². The number of aliphatic imine (C=N–C) groups is 1. The summed E-state index contributed by atoms with van der Waals surface area (Å²) in [6.45, 7) is 6.47. The second-order valence-electron chi connectivity index (χ2n) is 6.12. The fraction of sp³-hybridized carbons (Fsp3) is 0.0952. The highest BCUT2D eigenvalue weighted by atomic mass is 35.5. The number of hydrogen-bond donors (Lipinski definition) is 1. The van der Waals surface area contributed by atoms with Crippen LogP contribution in [0.2, 0.25) is 5.28 Å². The topological polar surface area (TPSA) is 50.2 Å². The number of halogens is 1. The Bertz CT molecular complexity index is 1070. The zero-order chi connectivity index (χ0) is 18.1. The van der Waals surface area contributed by atoms with Crippen molar-refractivity contribution in [3.63, 3.8) is 0 Å². The summed E-state index contributed by atoms with van der Waals surface area (Å²) in [5.41, 5.74) is 5.78. The van der Waals surface area contributed by atoms with Gasteiger partial charge in [0, 0.05) is 5.71 Å². The summed E-state index contributed by atoms with van der Waals surface area (Å²) in [7, 11) is 0. The van der Waals surface area contributed by atoms with Crippen LogP contribution in [0.5, 0.6) is 0 Å². The van der Waals surface area contributed by atoms with Gasteiger partial charge in [-0.25, -0.2) is 9.97 Å². The molecule has 0 bridgehead atoms. The number of fused-ring (bicyclic) bond motifs is 1. The number of hydrogen-bond acceptors (Lipinski definition) is 4. The van der Waals surface area contributed by atoms with E-state index >= 15 is 0 Å². The first kappa shape index (κ1) is 16.5. The second kappa shape index (κ2) is 6.73. The van der Waals surface area contributed by atoms with Crippen molar-refractivity contribution in [2.75, 3.05) is 11.9 Å². The molecular formula is C21H17ClN4. The lowest BCUT2D eigenvalue weighted by molar-refractivity contribution is 1.13. The molecule has 0 radical (unpaired) electrons. The Hall–Kier alpha value is -2.98. The highest BCUT2D eigenvalue weighted by Crippen LogP contribution is 2.33. The Morgan fingerprint density at radius 2 is 1.85 bits per heavy atom. The smallest absolute Gasteiger partial charge is 0.224 e. The molecule has 4 rings (SSSR count). The van der Waals surface area contributed by atoms with E-state index in [1.54, 1.807) is 0 Å². The van der Waals surface area contributed by atoms with Gasteiger partial charge in [-0.05, 0) is 47.4 Å². The Labute approximate surface area is 157 Å². The monoisotopic (exact) mass is 360 g/mol. The number of aromatic nitrogens is 2. The fourth-order valence-electron chi connectivity index (χ4n) is 3.03. The van der Waals surface area contributed by atoms with Gasteiger partial charge in [-0.1, -0.05) is 49.0 Å². The lowest BCUT2D eigenvalue weighted by atomic mass is 10.0. The third kappa shape index (κ3) is 3.11. The molecule has 4 nitrogen and oxygen atoms in total. The highest BCUT2D eigenvalue weighted by molar-refractivity contribution is 6.29. The number of nitrogens with zero attached hydrogens (tertiary/aromatic N) is 3. The molecule has 0 aliphatic carbocycles. The number of nitrogens with one attached hydrogen (secondary N) is 1. The standard InChI is InChI=1S/C21H17ClN4/c1-13-11-16(24-14(13)2)12-23-20-19-17(15-7-4-3-5-8-15)9-6-10-18(19)25-21(22)26-20/h3-11H,1,12H2,2H3,(H,23,25,26). The van der Waals surface area contributed by atoms with E-state index in [-0.39, 0.29) is 5.28 Å². The zero-order valence-corrected chi connectivity index (χ0v) is 15.1. The molecule has 0 unspecified atom stereocenters. The molecule has 0 saturated carbocycles. The van der Waals surface area contributed by atoms with Crippen molar-refractivity contribution in [1.29, 1.82) is 0 Å². The highest BCUT2D eigenvalue weighted by Gasteiger charge is 2.14. The first-order valence-corrected chi connectivity index (χ1v) is 8.70. The molecule has 0 saturated heterocycles. The average Bonchev–Trinajstić information content (AvgIpc) is 2.97. The molecule has 1 aromatic heterocycles. The predicted molar refractivity (Wildman–Crippen MR) is 109 cm³/mol. The molecule has 2 heterocycles. The molecule has 128 valence electrons. The van der Waals surface area contributed by atoms with E-state index < -0.39 is 0 Å². The van der Waals surface area contributed by atoms with Gasteiger partial charge >= 0.3 is 0 Å². The van der Waals surface area contributed by atoms with Gasteiger partial charge in [0.1, 0.15) is 5.82 Å². The normalized spacial score (nSPS) is 13.7. The van der Waals surface area contributed by atoms with E-state index in [9.17, 15) is 0 Å². The second-order valence-corrected chi connectivity index (χ2v) is 6.46. The first-order chi connectivity index (χ1) is 12.6. The van der Waals surface area contributed by atoms with E-state index in [1.807, 2.05) is 43.3 Å². The summed E-state index contributed by atoms with van der Waals surface area (Å²) in [6.07, 6.45) is 1.98. The summed E-state index contributed by atoms with van der Waals surface area (Å²) in [5, 5.41) is 4.53. The van der Waals surface area contributed by atoms with Crippen LogP contribution in [0.1, 0.15) is 6.92 Å². The minimum absolute atomic E-state index is 0.217. The molecule has 0 fully saturated rings. The molecule has 1 aliphatic heterocycles. The minimum atomic E-state index is 0.217. The van der Waals surface area contributed by atoms with Crippen LogP contribution in [0.15, 0.2) is 77.4 Å². The maximum Gasteiger partial charge on any atom is 0.224 e. The molecule has 0 spiro atoms. The predicted octanol–water partition coefficient (Wildman–Crippen LogP) is 5.28. The number of allylic oxidation sites excluding steroid dienone is 2. The van der Waals surface area contributed by atoms with E-state index in [0.29, 0.717) is 12.4 Å². The average molecular weight is 361 g/mol. The maximum absolute atomic E-state index is 6.15. The van der Waals surface area contributed by atoms with Gasteiger partial charge in [0.05, 0.1) is 23.1 Å². The van der Waals surface area contributed by atoms with Crippen LogP contribution < -0.4 is 5.32 Å². The van der Waals surface area contributed by atoms with Gasteiger partial charge < -0.3 is 5.32 Å². The molecular weight excluding hydrogens is 344 g/mol. The van der Waals surface area contributed by atoms with Crippen LogP contribution in [-0.2, 0) is 0 Å². The van der Waals surface area contributed by atoms with Crippen molar-refractivity contribution >= 4 is 34.0 Å². The fourth-order valence-corrected chi connectivity index (χ4v) is 3.21. The number of anilines is 1. The zero-order valence-electron chi connectivity index (χ0n) is 14.3. The van der Waals surface area contributed by atoms with Crippen molar-refractivity contribution in [2.24, 2.45) is 4.99 Å². The summed E-state index contributed by atoms with van der Waals surface area (Å²) < 4.78 is 0. The van der Waals surface area contributed by atoms with Crippen LogP contribution in [0.3, 0.4) is 0 Å². The Kier molecular flexibility index (Phi) is 4.27. The molecule has 2 aromatic carbocycles. The van der Waals surface area contributed by atoms with E-state index in [2.05, 4.69) is 45.1 Å². The molecule has 0 amide bonds. The quantitative estimate of drug-likeness (QED) is 0.644.